The molecule has 3 rings (SSSR count). The number of halogens is 3. The second kappa shape index (κ2) is 9.75. The van der Waals surface area contributed by atoms with Gasteiger partial charge in [-0.15, -0.1) is 11.3 Å². The monoisotopic (exact) mass is 450 g/mol. The molecule has 0 aliphatic carbocycles. The Morgan fingerprint density at radius 3 is 2.53 bits per heavy atom. The van der Waals surface area contributed by atoms with Gasteiger partial charge < -0.3 is 10.6 Å². The maximum atomic E-state index is 13.9. The highest BCUT2D eigenvalue weighted by atomic mass is 35.5. The van der Waals surface area contributed by atoms with Crippen molar-refractivity contribution in [2.75, 3.05) is 30.8 Å². The Labute approximate surface area is 180 Å². The van der Waals surface area contributed by atoms with Crippen molar-refractivity contribution in [1.82, 2.24) is 9.88 Å². The van der Waals surface area contributed by atoms with Gasteiger partial charge in [0, 0.05) is 10.9 Å². The van der Waals surface area contributed by atoms with Crippen LogP contribution in [0.25, 0.3) is 11.3 Å². The summed E-state index contributed by atoms with van der Waals surface area (Å²) < 4.78 is 27.2. The van der Waals surface area contributed by atoms with Crippen molar-refractivity contribution < 1.29 is 18.4 Å². The van der Waals surface area contributed by atoms with E-state index in [1.807, 2.05) is 0 Å². The molecule has 0 atom stereocenters. The van der Waals surface area contributed by atoms with Crippen LogP contribution in [0.5, 0.6) is 0 Å². The molecule has 2 amide bonds. The number of para-hydroxylation sites is 1. The van der Waals surface area contributed by atoms with E-state index in [4.69, 9.17) is 11.6 Å². The molecule has 10 heteroatoms. The summed E-state index contributed by atoms with van der Waals surface area (Å²) in [5.74, 6) is -1.91. The number of anilines is 2. The zero-order valence-corrected chi connectivity index (χ0v) is 17.4. The van der Waals surface area contributed by atoms with Crippen LogP contribution in [0.15, 0.2) is 47.8 Å². The minimum atomic E-state index is -0.608. The van der Waals surface area contributed by atoms with Gasteiger partial charge in [-0.2, -0.15) is 0 Å². The number of aromatic nitrogens is 1. The second-order valence-corrected chi connectivity index (χ2v) is 7.68. The van der Waals surface area contributed by atoms with Gasteiger partial charge in [0.2, 0.25) is 11.8 Å². The third-order valence-corrected chi connectivity index (χ3v) is 5.02. The van der Waals surface area contributed by atoms with Gasteiger partial charge >= 0.3 is 0 Å². The number of nitrogens with zero attached hydrogens (tertiary/aromatic N) is 2. The third kappa shape index (κ3) is 5.82. The maximum absolute atomic E-state index is 13.9. The summed E-state index contributed by atoms with van der Waals surface area (Å²) in [5.41, 5.74) is 0.724. The van der Waals surface area contributed by atoms with Crippen molar-refractivity contribution in [2.24, 2.45) is 0 Å². The van der Waals surface area contributed by atoms with E-state index < -0.39 is 17.5 Å². The first-order chi connectivity index (χ1) is 14.3. The van der Waals surface area contributed by atoms with E-state index >= 15 is 0 Å². The number of nitrogens with one attached hydrogen (secondary N) is 2. The molecule has 0 aliphatic rings. The molecule has 0 fully saturated rings. The minimum Gasteiger partial charge on any atom is -0.324 e. The van der Waals surface area contributed by atoms with E-state index in [9.17, 15) is 18.4 Å². The lowest BCUT2D eigenvalue weighted by atomic mass is 10.1. The van der Waals surface area contributed by atoms with Gasteiger partial charge in [0.05, 0.1) is 29.5 Å². The predicted octanol–water partition coefficient (Wildman–Crippen LogP) is 4.25. The summed E-state index contributed by atoms with van der Waals surface area (Å²) in [6.45, 7) is -0.102. The molecular weight excluding hydrogens is 434 g/mol. The number of carbonyl (C=O) groups is 2. The van der Waals surface area contributed by atoms with Crippen LogP contribution in [-0.2, 0) is 9.59 Å². The Morgan fingerprint density at radius 2 is 1.80 bits per heavy atom. The normalized spacial score (nSPS) is 10.8. The molecule has 0 aliphatic heterocycles. The van der Waals surface area contributed by atoms with Gasteiger partial charge in [-0.3, -0.25) is 14.5 Å². The van der Waals surface area contributed by atoms with Crippen LogP contribution in [0.4, 0.5) is 19.6 Å². The van der Waals surface area contributed by atoms with Crippen LogP contribution in [-0.4, -0.2) is 41.8 Å². The van der Waals surface area contributed by atoms with E-state index in [1.54, 1.807) is 31.3 Å². The first kappa shape index (κ1) is 21.8. The topological polar surface area (TPSA) is 74.3 Å². The zero-order chi connectivity index (χ0) is 21.7. The number of hydrogen-bond acceptors (Lipinski definition) is 5. The summed E-state index contributed by atoms with van der Waals surface area (Å²) in [6.07, 6.45) is 0. The predicted molar refractivity (Wildman–Crippen MR) is 114 cm³/mol. The fraction of sp³-hybridized carbons (Fsp3) is 0.150. The Kier molecular flexibility index (Phi) is 7.09. The minimum absolute atomic E-state index is 0.0140. The van der Waals surface area contributed by atoms with E-state index in [1.165, 1.54) is 10.3 Å². The third-order valence-electron chi connectivity index (χ3n) is 3.93. The number of carbonyl (C=O) groups excluding carboxylic acids is 2. The van der Waals surface area contributed by atoms with Crippen molar-refractivity contribution >= 4 is 45.6 Å². The number of hydrogen-bond donors (Lipinski definition) is 2. The molecule has 0 spiro atoms. The molecular formula is C20H17ClF2N4O2S. The van der Waals surface area contributed by atoms with Crippen LogP contribution >= 0.6 is 22.9 Å². The Morgan fingerprint density at radius 1 is 1.10 bits per heavy atom. The van der Waals surface area contributed by atoms with Crippen LogP contribution in [0.1, 0.15) is 0 Å². The zero-order valence-electron chi connectivity index (χ0n) is 15.8. The average Bonchev–Trinajstić information content (AvgIpc) is 3.13. The van der Waals surface area contributed by atoms with E-state index in [2.05, 4.69) is 15.6 Å². The average molecular weight is 451 g/mol. The molecule has 6 nitrogen and oxygen atoms in total. The van der Waals surface area contributed by atoms with Gasteiger partial charge in [0.15, 0.2) is 5.13 Å². The molecule has 0 saturated heterocycles. The number of rotatable bonds is 7. The first-order valence-electron chi connectivity index (χ1n) is 8.75. The molecule has 30 heavy (non-hydrogen) atoms. The van der Waals surface area contributed by atoms with Crippen LogP contribution in [0.2, 0.25) is 5.02 Å². The quantitative estimate of drug-likeness (QED) is 0.564. The molecule has 1 aromatic heterocycles. The van der Waals surface area contributed by atoms with Gasteiger partial charge in [-0.25, -0.2) is 13.8 Å². The standard InChI is InChI=1S/C20H17ClF2N4O2S/c1-27(9-18(28)24-16-5-3-2-4-14(16)21)10-19(29)26-20-25-17(11-30-20)13-8-12(22)6-7-15(13)23/h2-8,11H,9-10H2,1H3,(H,24,28)(H,25,26,29). The molecule has 0 unspecified atom stereocenters. The summed E-state index contributed by atoms with van der Waals surface area (Å²) in [5, 5.41) is 7.44. The van der Waals surface area contributed by atoms with Crippen molar-refractivity contribution in [1.29, 1.82) is 0 Å². The largest absolute Gasteiger partial charge is 0.324 e. The summed E-state index contributed by atoms with van der Waals surface area (Å²) in [4.78, 5) is 30.0. The molecule has 156 valence electrons. The molecule has 0 radical (unpaired) electrons. The van der Waals surface area contributed by atoms with Crippen molar-refractivity contribution in [3.05, 3.63) is 64.5 Å². The van der Waals surface area contributed by atoms with Gasteiger partial charge in [-0.05, 0) is 37.4 Å². The lowest BCUT2D eigenvalue weighted by Gasteiger charge is -2.15. The Bertz CT molecular complexity index is 1080. The number of thiazole rings is 1. The summed E-state index contributed by atoms with van der Waals surface area (Å²) in [7, 11) is 1.61. The highest BCUT2D eigenvalue weighted by Gasteiger charge is 2.15. The van der Waals surface area contributed by atoms with Crippen LogP contribution < -0.4 is 10.6 Å². The van der Waals surface area contributed by atoms with Crippen molar-refractivity contribution in [3.63, 3.8) is 0 Å². The smallest absolute Gasteiger partial charge is 0.240 e. The van der Waals surface area contributed by atoms with Crippen LogP contribution in [0.3, 0.4) is 0 Å². The molecule has 2 N–H and O–H groups in total. The Hall–Kier alpha value is -2.88. The van der Waals surface area contributed by atoms with Crippen molar-refractivity contribution in [2.45, 2.75) is 0 Å². The highest BCUT2D eigenvalue weighted by Crippen LogP contribution is 2.27. The molecule has 2 aromatic carbocycles. The first-order valence-corrected chi connectivity index (χ1v) is 10.0. The highest BCUT2D eigenvalue weighted by molar-refractivity contribution is 7.14. The van der Waals surface area contributed by atoms with Crippen molar-refractivity contribution in [3.8, 4) is 11.3 Å². The van der Waals surface area contributed by atoms with E-state index in [0.29, 0.717) is 10.7 Å². The number of likely N-dealkylation sites (N-methyl/N-ethyl adjacent to an activating group) is 1. The molecule has 1 heterocycles. The maximum Gasteiger partial charge on any atom is 0.240 e. The Balaban J connectivity index is 1.53. The van der Waals surface area contributed by atoms with E-state index in [0.717, 1.165) is 29.5 Å². The van der Waals surface area contributed by atoms with Gasteiger partial charge in [0.25, 0.3) is 0 Å². The molecule has 3 aromatic rings. The SMILES string of the molecule is CN(CC(=O)Nc1nc(-c2cc(F)ccc2F)cs1)CC(=O)Nc1ccccc1Cl. The number of benzene rings is 2. The summed E-state index contributed by atoms with van der Waals surface area (Å²) in [6, 6.07) is 9.91. The number of amides is 2. The fourth-order valence-corrected chi connectivity index (χ4v) is 3.52. The second-order valence-electron chi connectivity index (χ2n) is 6.41. The van der Waals surface area contributed by atoms with Gasteiger partial charge in [0.1, 0.15) is 11.6 Å². The van der Waals surface area contributed by atoms with Crippen LogP contribution in [0, 0.1) is 11.6 Å². The lowest BCUT2D eigenvalue weighted by molar-refractivity contribution is -0.119. The molecule has 0 saturated carbocycles. The van der Waals surface area contributed by atoms with E-state index in [-0.39, 0.29) is 35.4 Å². The van der Waals surface area contributed by atoms with Gasteiger partial charge in [-0.1, -0.05) is 23.7 Å². The summed E-state index contributed by atoms with van der Waals surface area (Å²) >= 11 is 7.09. The fourth-order valence-electron chi connectivity index (χ4n) is 2.61. The lowest BCUT2D eigenvalue weighted by Crippen LogP contribution is -2.36. The molecule has 0 bridgehead atoms.